The van der Waals surface area contributed by atoms with Gasteiger partial charge in [0.2, 0.25) is 17.7 Å². The molecular formula is C31H39ClN6O5. The standard InChI is InChI=1S/C31H39ClN6O5/c1-7-19-14-33-28-25(19)26(32)22(15-34-28)20-9-8-10-21(13-20)38-12-11-37(17-24(38)40)23(39)16-35-29(41)27(18(2)3)36-30(42)43-31(4,5)6/h8-10,13-15,18,27H,7,11-12,16-17H2,1-6H3,(H,33,34)(H,35,41)(H,36,42)/t27-/m0/s1. The van der Waals surface area contributed by atoms with Gasteiger partial charge in [-0.3, -0.25) is 14.4 Å². The first-order valence-electron chi connectivity index (χ1n) is 14.4. The molecule has 0 unspecified atom stereocenters. The molecule has 3 N–H and O–H groups in total. The number of carbonyl (C=O) groups is 4. The van der Waals surface area contributed by atoms with Gasteiger partial charge in [-0.25, -0.2) is 9.78 Å². The number of benzene rings is 1. The molecule has 0 radical (unpaired) electrons. The van der Waals surface area contributed by atoms with Crippen molar-refractivity contribution in [2.24, 2.45) is 5.92 Å². The molecule has 1 aliphatic rings. The van der Waals surface area contributed by atoms with E-state index in [1.165, 1.54) is 4.90 Å². The third-order valence-electron chi connectivity index (χ3n) is 7.18. The van der Waals surface area contributed by atoms with Gasteiger partial charge >= 0.3 is 6.09 Å². The summed E-state index contributed by atoms with van der Waals surface area (Å²) in [6, 6.07) is 6.64. The molecule has 230 valence electrons. The molecule has 43 heavy (non-hydrogen) atoms. The topological polar surface area (TPSA) is 137 Å². The van der Waals surface area contributed by atoms with Gasteiger partial charge in [-0.05, 0) is 56.4 Å². The lowest BCUT2D eigenvalue weighted by molar-refractivity contribution is -0.137. The number of alkyl carbamates (subject to hydrolysis) is 1. The molecule has 4 amide bonds. The predicted octanol–water partition coefficient (Wildman–Crippen LogP) is 4.29. The van der Waals surface area contributed by atoms with E-state index in [2.05, 4.69) is 27.5 Å². The summed E-state index contributed by atoms with van der Waals surface area (Å²) >= 11 is 6.82. The van der Waals surface area contributed by atoms with Gasteiger partial charge in [0.25, 0.3) is 0 Å². The van der Waals surface area contributed by atoms with Gasteiger partial charge in [-0.15, -0.1) is 0 Å². The maximum Gasteiger partial charge on any atom is 0.408 e. The third-order valence-corrected chi connectivity index (χ3v) is 7.57. The van der Waals surface area contributed by atoms with Crippen molar-refractivity contribution in [1.82, 2.24) is 25.5 Å². The lowest BCUT2D eigenvalue weighted by Gasteiger charge is -2.34. The SMILES string of the molecule is CCc1c[nH]c2ncc(-c3cccc(N4CCN(C(=O)CNC(=O)[C@@H](NC(=O)OC(C)(C)C)C(C)C)CC4=O)c3)c(Cl)c12. The Hall–Kier alpha value is -4.12. The number of aryl methyl sites for hydroxylation is 1. The summed E-state index contributed by atoms with van der Waals surface area (Å²) in [5.41, 5.74) is 3.38. The number of aromatic amines is 1. The molecule has 1 fully saturated rings. The summed E-state index contributed by atoms with van der Waals surface area (Å²) in [6.45, 7) is 11.0. The highest BCUT2D eigenvalue weighted by Crippen LogP contribution is 2.36. The van der Waals surface area contributed by atoms with Crippen LogP contribution >= 0.6 is 11.6 Å². The van der Waals surface area contributed by atoms with E-state index in [1.54, 1.807) is 45.7 Å². The van der Waals surface area contributed by atoms with Crippen LogP contribution in [0.1, 0.15) is 47.1 Å². The minimum absolute atomic E-state index is 0.125. The zero-order chi connectivity index (χ0) is 31.5. The summed E-state index contributed by atoms with van der Waals surface area (Å²) < 4.78 is 5.25. The van der Waals surface area contributed by atoms with Crippen LogP contribution in [-0.2, 0) is 25.5 Å². The Labute approximate surface area is 256 Å². The first-order valence-corrected chi connectivity index (χ1v) is 14.8. The zero-order valence-electron chi connectivity index (χ0n) is 25.4. The van der Waals surface area contributed by atoms with Crippen LogP contribution in [0.2, 0.25) is 5.02 Å². The van der Waals surface area contributed by atoms with Crippen molar-refractivity contribution in [3.63, 3.8) is 0 Å². The van der Waals surface area contributed by atoms with E-state index in [0.717, 1.165) is 34.1 Å². The maximum atomic E-state index is 13.2. The molecule has 1 aromatic carbocycles. The third kappa shape index (κ3) is 7.45. The number of rotatable bonds is 8. The highest BCUT2D eigenvalue weighted by molar-refractivity contribution is 6.38. The first-order chi connectivity index (χ1) is 20.3. The predicted molar refractivity (Wildman–Crippen MR) is 166 cm³/mol. The van der Waals surface area contributed by atoms with Crippen molar-refractivity contribution >= 4 is 52.1 Å². The Kier molecular flexibility index (Phi) is 9.64. The number of pyridine rings is 1. The van der Waals surface area contributed by atoms with E-state index < -0.39 is 23.6 Å². The molecule has 2 aromatic heterocycles. The lowest BCUT2D eigenvalue weighted by atomic mass is 10.0. The van der Waals surface area contributed by atoms with Gasteiger partial charge in [-0.2, -0.15) is 0 Å². The van der Waals surface area contributed by atoms with Gasteiger partial charge in [0.15, 0.2) is 0 Å². The van der Waals surface area contributed by atoms with Gasteiger partial charge in [0, 0.05) is 42.1 Å². The van der Waals surface area contributed by atoms with Crippen LogP contribution < -0.4 is 15.5 Å². The monoisotopic (exact) mass is 610 g/mol. The van der Waals surface area contributed by atoms with Gasteiger partial charge in [-0.1, -0.05) is 44.5 Å². The number of nitrogens with one attached hydrogen (secondary N) is 3. The molecular weight excluding hydrogens is 572 g/mol. The lowest BCUT2D eigenvalue weighted by Crippen LogP contribution is -2.56. The molecule has 3 heterocycles. The summed E-state index contributed by atoms with van der Waals surface area (Å²) in [5, 5.41) is 6.65. The second-order valence-corrected chi connectivity index (χ2v) is 12.3. The fraction of sp³-hybridized carbons (Fsp3) is 0.452. The highest BCUT2D eigenvalue weighted by Gasteiger charge is 2.30. The van der Waals surface area contributed by atoms with Crippen LogP contribution in [0.15, 0.2) is 36.7 Å². The van der Waals surface area contributed by atoms with Crippen LogP contribution in [0.25, 0.3) is 22.2 Å². The van der Waals surface area contributed by atoms with E-state index in [0.29, 0.717) is 23.8 Å². The summed E-state index contributed by atoms with van der Waals surface area (Å²) in [5.74, 6) is -1.38. The second kappa shape index (κ2) is 13.0. The van der Waals surface area contributed by atoms with Crippen molar-refractivity contribution in [2.75, 3.05) is 31.1 Å². The minimum atomic E-state index is -0.886. The number of amides is 4. The Balaban J connectivity index is 1.38. The molecule has 0 saturated carbocycles. The number of anilines is 1. The summed E-state index contributed by atoms with van der Waals surface area (Å²) in [7, 11) is 0. The minimum Gasteiger partial charge on any atom is -0.444 e. The number of hydrogen-bond acceptors (Lipinski definition) is 6. The Morgan fingerprint density at radius 2 is 1.93 bits per heavy atom. The number of ether oxygens (including phenoxy) is 1. The second-order valence-electron chi connectivity index (χ2n) is 11.9. The Bertz CT molecular complexity index is 1530. The smallest absolute Gasteiger partial charge is 0.408 e. The number of piperazine rings is 1. The molecule has 0 bridgehead atoms. The zero-order valence-corrected chi connectivity index (χ0v) is 26.2. The molecule has 1 saturated heterocycles. The molecule has 12 heteroatoms. The van der Waals surface area contributed by atoms with Crippen LogP contribution in [0.4, 0.5) is 10.5 Å². The van der Waals surface area contributed by atoms with Crippen LogP contribution in [-0.4, -0.2) is 76.5 Å². The van der Waals surface area contributed by atoms with E-state index in [1.807, 2.05) is 30.5 Å². The average Bonchev–Trinajstić information content (AvgIpc) is 3.38. The maximum absolute atomic E-state index is 13.2. The number of hydrogen-bond donors (Lipinski definition) is 3. The Morgan fingerprint density at radius 3 is 2.58 bits per heavy atom. The van der Waals surface area contributed by atoms with Gasteiger partial charge in [0.1, 0.15) is 23.8 Å². The number of fused-ring (bicyclic) bond motifs is 1. The number of carbonyl (C=O) groups excluding carboxylic acids is 4. The van der Waals surface area contributed by atoms with E-state index in [-0.39, 0.29) is 30.8 Å². The molecule has 1 atom stereocenters. The molecule has 11 nitrogen and oxygen atoms in total. The van der Waals surface area contributed by atoms with Crippen LogP contribution in [0.5, 0.6) is 0 Å². The van der Waals surface area contributed by atoms with Crippen molar-refractivity contribution in [3.05, 3.63) is 47.2 Å². The van der Waals surface area contributed by atoms with E-state index >= 15 is 0 Å². The quantitative estimate of drug-likeness (QED) is 0.348. The van der Waals surface area contributed by atoms with Gasteiger partial charge < -0.3 is 30.2 Å². The van der Waals surface area contributed by atoms with E-state index in [9.17, 15) is 19.2 Å². The number of nitrogens with zero attached hydrogens (tertiary/aromatic N) is 3. The Morgan fingerprint density at radius 1 is 1.19 bits per heavy atom. The van der Waals surface area contributed by atoms with Crippen molar-refractivity contribution in [3.8, 4) is 11.1 Å². The van der Waals surface area contributed by atoms with Crippen LogP contribution in [0.3, 0.4) is 0 Å². The van der Waals surface area contributed by atoms with Crippen LogP contribution in [0, 0.1) is 5.92 Å². The van der Waals surface area contributed by atoms with Gasteiger partial charge in [0.05, 0.1) is 11.6 Å². The van der Waals surface area contributed by atoms with E-state index in [4.69, 9.17) is 16.3 Å². The summed E-state index contributed by atoms with van der Waals surface area (Å²) in [4.78, 5) is 61.8. The fourth-order valence-corrected chi connectivity index (χ4v) is 5.32. The summed E-state index contributed by atoms with van der Waals surface area (Å²) in [6.07, 6.45) is 3.73. The molecule has 4 rings (SSSR count). The molecule has 3 aromatic rings. The highest BCUT2D eigenvalue weighted by atomic mass is 35.5. The number of H-pyrrole nitrogens is 1. The molecule has 0 spiro atoms. The van der Waals surface area contributed by atoms with Crippen molar-refractivity contribution < 1.29 is 23.9 Å². The fourth-order valence-electron chi connectivity index (χ4n) is 4.95. The number of halogens is 1. The largest absolute Gasteiger partial charge is 0.444 e. The molecule has 1 aliphatic heterocycles. The average molecular weight is 611 g/mol. The normalized spacial score (nSPS) is 14.7. The first kappa shape index (κ1) is 31.8. The van der Waals surface area contributed by atoms with Crippen molar-refractivity contribution in [2.45, 2.75) is 59.6 Å². The van der Waals surface area contributed by atoms with Crippen molar-refractivity contribution in [1.29, 1.82) is 0 Å². The molecule has 0 aliphatic carbocycles. The number of aromatic nitrogens is 2.